The van der Waals surface area contributed by atoms with Crippen LogP contribution in [-0.2, 0) is 6.54 Å². The summed E-state index contributed by atoms with van der Waals surface area (Å²) in [6.07, 6.45) is 1.19. The molecule has 3 heteroatoms. The van der Waals surface area contributed by atoms with Gasteiger partial charge in [-0.3, -0.25) is 0 Å². The zero-order chi connectivity index (χ0) is 15.8. The second kappa shape index (κ2) is 6.18. The van der Waals surface area contributed by atoms with Crippen molar-refractivity contribution in [3.63, 3.8) is 0 Å². The molecule has 0 aromatic heterocycles. The van der Waals surface area contributed by atoms with Crippen LogP contribution < -0.4 is 10.2 Å². The Morgan fingerprint density at radius 1 is 1.38 bits per heavy atom. The number of anilines is 1. The lowest BCUT2D eigenvalue weighted by Crippen LogP contribution is -2.48. The summed E-state index contributed by atoms with van der Waals surface area (Å²) in [5.74, 6) is 0.577. The second-order valence-corrected chi connectivity index (χ2v) is 7.61. The van der Waals surface area contributed by atoms with Crippen molar-refractivity contribution in [1.29, 1.82) is 0 Å². The molecular formula is C18H29ClN2. The van der Waals surface area contributed by atoms with Gasteiger partial charge >= 0.3 is 0 Å². The third-order valence-electron chi connectivity index (χ3n) is 4.57. The van der Waals surface area contributed by atoms with Gasteiger partial charge in [-0.05, 0) is 50.3 Å². The predicted molar refractivity (Wildman–Crippen MR) is 93.6 cm³/mol. The van der Waals surface area contributed by atoms with Gasteiger partial charge in [0.25, 0.3) is 0 Å². The van der Waals surface area contributed by atoms with Crippen LogP contribution >= 0.6 is 11.6 Å². The van der Waals surface area contributed by atoms with Gasteiger partial charge in [0, 0.05) is 35.4 Å². The molecule has 0 amide bonds. The van der Waals surface area contributed by atoms with Gasteiger partial charge in [0.15, 0.2) is 0 Å². The molecule has 0 fully saturated rings. The molecule has 0 saturated heterocycles. The smallest absolute Gasteiger partial charge is 0.0471 e. The van der Waals surface area contributed by atoms with Gasteiger partial charge < -0.3 is 10.2 Å². The molecule has 1 N–H and O–H groups in total. The zero-order valence-corrected chi connectivity index (χ0v) is 15.0. The molecular weight excluding hydrogens is 280 g/mol. The number of halogens is 1. The highest BCUT2D eigenvalue weighted by Gasteiger charge is 2.35. The molecule has 1 aromatic rings. The summed E-state index contributed by atoms with van der Waals surface area (Å²) in [5.41, 5.74) is 4.18. The third kappa shape index (κ3) is 3.37. The highest BCUT2D eigenvalue weighted by Crippen LogP contribution is 2.44. The van der Waals surface area contributed by atoms with Crippen LogP contribution in [0.3, 0.4) is 0 Å². The van der Waals surface area contributed by atoms with E-state index in [4.69, 9.17) is 11.6 Å². The van der Waals surface area contributed by atoms with Gasteiger partial charge in [-0.1, -0.05) is 38.4 Å². The largest absolute Gasteiger partial charge is 0.366 e. The molecule has 1 aromatic carbocycles. The van der Waals surface area contributed by atoms with Crippen molar-refractivity contribution < 1.29 is 0 Å². The van der Waals surface area contributed by atoms with Crippen molar-refractivity contribution in [1.82, 2.24) is 5.32 Å². The predicted octanol–water partition coefficient (Wildman–Crippen LogP) is 4.95. The van der Waals surface area contributed by atoms with Crippen molar-refractivity contribution in [3.8, 4) is 0 Å². The lowest BCUT2D eigenvalue weighted by molar-refractivity contribution is 0.381. The Kier molecular flexibility index (Phi) is 4.89. The maximum absolute atomic E-state index is 6.54. The summed E-state index contributed by atoms with van der Waals surface area (Å²) in [7, 11) is 0. The fourth-order valence-corrected chi connectivity index (χ4v) is 3.82. The van der Waals surface area contributed by atoms with E-state index in [1.165, 1.54) is 23.2 Å². The van der Waals surface area contributed by atoms with Gasteiger partial charge in [-0.15, -0.1) is 0 Å². The van der Waals surface area contributed by atoms with E-state index in [0.29, 0.717) is 12.0 Å². The van der Waals surface area contributed by atoms with Crippen molar-refractivity contribution in [2.45, 2.75) is 72.0 Å². The Morgan fingerprint density at radius 2 is 2.05 bits per heavy atom. The van der Waals surface area contributed by atoms with Crippen LogP contribution in [0, 0.1) is 0 Å². The van der Waals surface area contributed by atoms with Crippen LogP contribution in [0.1, 0.15) is 65.0 Å². The lowest BCUT2D eigenvalue weighted by atomic mass is 9.79. The molecule has 1 atom stereocenters. The zero-order valence-electron chi connectivity index (χ0n) is 14.3. The maximum Gasteiger partial charge on any atom is 0.0471 e. The molecule has 0 saturated carbocycles. The van der Waals surface area contributed by atoms with Crippen molar-refractivity contribution >= 4 is 17.3 Å². The van der Waals surface area contributed by atoms with E-state index in [0.717, 1.165) is 18.1 Å². The van der Waals surface area contributed by atoms with E-state index in [9.17, 15) is 0 Å². The van der Waals surface area contributed by atoms with Crippen LogP contribution in [0.2, 0.25) is 5.02 Å². The molecule has 0 aliphatic carbocycles. The molecule has 1 heterocycles. The average molecular weight is 309 g/mol. The Morgan fingerprint density at radius 3 is 2.62 bits per heavy atom. The van der Waals surface area contributed by atoms with Crippen LogP contribution in [0.4, 0.5) is 5.69 Å². The summed E-state index contributed by atoms with van der Waals surface area (Å²) in [6.45, 7) is 15.4. The number of hydrogen-bond donors (Lipinski definition) is 1. The molecule has 0 radical (unpaired) electrons. The Hall–Kier alpha value is -0.730. The van der Waals surface area contributed by atoms with E-state index in [1.807, 2.05) is 0 Å². The molecule has 0 bridgehead atoms. The van der Waals surface area contributed by atoms with E-state index in [1.54, 1.807) is 0 Å². The molecule has 21 heavy (non-hydrogen) atoms. The minimum absolute atomic E-state index is 0.197. The monoisotopic (exact) mass is 308 g/mol. The minimum Gasteiger partial charge on any atom is -0.366 e. The van der Waals surface area contributed by atoms with E-state index in [-0.39, 0.29) is 5.54 Å². The van der Waals surface area contributed by atoms with Crippen molar-refractivity contribution in [3.05, 3.63) is 28.3 Å². The van der Waals surface area contributed by atoms with Crippen LogP contribution in [-0.4, -0.2) is 18.1 Å². The first kappa shape index (κ1) is 16.6. The molecule has 1 aliphatic heterocycles. The van der Waals surface area contributed by atoms with Gasteiger partial charge in [0.05, 0.1) is 0 Å². The first-order valence-corrected chi connectivity index (χ1v) is 8.47. The molecule has 2 rings (SSSR count). The number of nitrogens with one attached hydrogen (secondary N) is 1. The normalized spacial score (nSPS) is 20.8. The Labute approximate surface area is 134 Å². The highest BCUT2D eigenvalue weighted by molar-refractivity contribution is 6.31. The van der Waals surface area contributed by atoms with E-state index >= 15 is 0 Å². The van der Waals surface area contributed by atoms with Crippen molar-refractivity contribution in [2.75, 3.05) is 11.4 Å². The first-order valence-electron chi connectivity index (χ1n) is 8.09. The average Bonchev–Trinajstić information content (AvgIpc) is 2.36. The fourth-order valence-electron chi connectivity index (χ4n) is 3.60. The van der Waals surface area contributed by atoms with Crippen LogP contribution in [0.15, 0.2) is 12.1 Å². The number of rotatable bonds is 4. The number of fused-ring (bicyclic) bond motifs is 1. The first-order chi connectivity index (χ1) is 9.76. The number of hydrogen-bond acceptors (Lipinski definition) is 2. The van der Waals surface area contributed by atoms with E-state index in [2.05, 4.69) is 63.9 Å². The summed E-state index contributed by atoms with van der Waals surface area (Å²) in [6, 6.07) is 4.96. The van der Waals surface area contributed by atoms with Crippen LogP contribution in [0.5, 0.6) is 0 Å². The molecule has 0 unspecified atom stereocenters. The van der Waals surface area contributed by atoms with Gasteiger partial charge in [-0.2, -0.15) is 0 Å². The lowest BCUT2D eigenvalue weighted by Gasteiger charge is -2.47. The van der Waals surface area contributed by atoms with Crippen LogP contribution in [0.25, 0.3) is 0 Å². The summed E-state index contributed by atoms with van der Waals surface area (Å²) in [4.78, 5) is 2.49. The fraction of sp³-hybridized carbons (Fsp3) is 0.667. The van der Waals surface area contributed by atoms with Gasteiger partial charge in [0.2, 0.25) is 0 Å². The van der Waals surface area contributed by atoms with E-state index < -0.39 is 0 Å². The molecule has 0 spiro atoms. The van der Waals surface area contributed by atoms with Gasteiger partial charge in [0.1, 0.15) is 0 Å². The second-order valence-electron chi connectivity index (χ2n) is 7.20. The topological polar surface area (TPSA) is 15.3 Å². The summed E-state index contributed by atoms with van der Waals surface area (Å²) >= 11 is 6.54. The standard InChI is InChI=1S/C18H29ClN2/c1-7-21-17-9-16(19)14(11-20-12(2)3)8-15(17)13(4)10-18(21,5)6/h8-9,12-13,20H,7,10-11H2,1-6H3/t13-/m1/s1. The Bertz CT molecular complexity index is 508. The molecule has 1 aliphatic rings. The quantitative estimate of drug-likeness (QED) is 0.846. The maximum atomic E-state index is 6.54. The SMILES string of the molecule is CCN1c2cc(Cl)c(CNC(C)C)cc2[C@H](C)CC1(C)C. The van der Waals surface area contributed by atoms with Crippen molar-refractivity contribution in [2.24, 2.45) is 0 Å². The highest BCUT2D eigenvalue weighted by atomic mass is 35.5. The summed E-state index contributed by atoms with van der Waals surface area (Å²) in [5, 5.41) is 4.35. The van der Waals surface area contributed by atoms with Gasteiger partial charge in [-0.25, -0.2) is 0 Å². The Balaban J connectivity index is 2.41. The summed E-state index contributed by atoms with van der Waals surface area (Å²) < 4.78 is 0. The molecule has 118 valence electrons. The number of nitrogens with zero attached hydrogens (tertiary/aromatic N) is 1. The number of benzene rings is 1. The molecule has 2 nitrogen and oxygen atoms in total. The third-order valence-corrected chi connectivity index (χ3v) is 4.92. The minimum atomic E-state index is 0.197.